The average molecular weight is 405 g/mol. The highest BCUT2D eigenvalue weighted by Crippen LogP contribution is 2.47. The van der Waals surface area contributed by atoms with Crippen LogP contribution in [0.5, 0.6) is 0 Å². The van der Waals surface area contributed by atoms with Crippen molar-refractivity contribution >= 4 is 0 Å². The van der Waals surface area contributed by atoms with Crippen molar-refractivity contribution < 1.29 is 19.3 Å². The van der Waals surface area contributed by atoms with E-state index in [1.54, 1.807) is 6.92 Å². The molecule has 1 unspecified atom stereocenters. The molecule has 0 saturated carbocycles. The molecule has 1 saturated heterocycles. The maximum atomic E-state index is 11.2. The second-order valence-electron chi connectivity index (χ2n) is 8.06. The molecule has 3 aromatic rings. The fraction of sp³-hybridized carbons (Fsp3) is 0.308. The third-order valence-corrected chi connectivity index (χ3v) is 5.66. The smallest absolute Gasteiger partial charge is 0.193 e. The second kappa shape index (κ2) is 8.70. The molecular formula is C26H28O4. The minimum absolute atomic E-state index is 0.362. The van der Waals surface area contributed by atoms with Gasteiger partial charge in [0, 0.05) is 0 Å². The van der Waals surface area contributed by atoms with Crippen molar-refractivity contribution in [2.75, 3.05) is 0 Å². The van der Waals surface area contributed by atoms with Crippen molar-refractivity contribution in [3.63, 3.8) is 0 Å². The molecule has 1 N–H and O–H groups in total. The Morgan fingerprint density at radius 3 is 1.63 bits per heavy atom. The lowest BCUT2D eigenvalue weighted by Gasteiger charge is -2.32. The third-order valence-electron chi connectivity index (χ3n) is 5.66. The van der Waals surface area contributed by atoms with Crippen LogP contribution in [0.15, 0.2) is 91.0 Å². The Morgan fingerprint density at radius 2 is 1.13 bits per heavy atom. The first-order valence-corrected chi connectivity index (χ1v) is 10.3. The van der Waals surface area contributed by atoms with Gasteiger partial charge in [-0.05, 0) is 30.5 Å². The molecule has 1 fully saturated rings. The molecule has 4 atom stereocenters. The maximum Gasteiger partial charge on any atom is 0.193 e. The van der Waals surface area contributed by atoms with Gasteiger partial charge in [-0.3, -0.25) is 0 Å². The van der Waals surface area contributed by atoms with E-state index >= 15 is 0 Å². The standard InChI is InChI=1S/C26H28O4/c1-25(22-16-10-5-11-17-22)23(28-18-20-12-6-3-7-13-20)24(26(2,27)30-25)29-19-21-14-8-4-9-15-21/h3-17,23-24,27H,18-19H2,1-2H3/t23-,24-,25+,26?/m1/s1. The van der Waals surface area contributed by atoms with Gasteiger partial charge >= 0.3 is 0 Å². The van der Waals surface area contributed by atoms with Crippen molar-refractivity contribution in [2.24, 2.45) is 0 Å². The van der Waals surface area contributed by atoms with Crippen LogP contribution in [0.1, 0.15) is 30.5 Å². The van der Waals surface area contributed by atoms with Crippen LogP contribution in [0.4, 0.5) is 0 Å². The summed E-state index contributed by atoms with van der Waals surface area (Å²) in [4.78, 5) is 0. The molecule has 1 heterocycles. The molecule has 4 heteroatoms. The molecular weight excluding hydrogens is 376 g/mol. The Hall–Kier alpha value is -2.50. The van der Waals surface area contributed by atoms with Crippen molar-refractivity contribution in [3.05, 3.63) is 108 Å². The lowest BCUT2D eigenvalue weighted by atomic mass is 9.88. The zero-order valence-corrected chi connectivity index (χ0v) is 17.4. The molecule has 1 aliphatic heterocycles. The fourth-order valence-electron chi connectivity index (χ4n) is 4.12. The Labute approximate surface area is 178 Å². The summed E-state index contributed by atoms with van der Waals surface area (Å²) >= 11 is 0. The number of hydrogen-bond donors (Lipinski definition) is 1. The van der Waals surface area contributed by atoms with Crippen molar-refractivity contribution in [1.29, 1.82) is 0 Å². The molecule has 0 aliphatic carbocycles. The van der Waals surface area contributed by atoms with Gasteiger partial charge in [0.25, 0.3) is 0 Å². The summed E-state index contributed by atoms with van der Waals surface area (Å²) in [5.41, 5.74) is 2.17. The molecule has 0 spiro atoms. The predicted molar refractivity (Wildman–Crippen MR) is 116 cm³/mol. The van der Waals surface area contributed by atoms with Gasteiger partial charge in [-0.2, -0.15) is 0 Å². The number of rotatable bonds is 7. The molecule has 4 rings (SSSR count). The van der Waals surface area contributed by atoms with Crippen LogP contribution in [0, 0.1) is 0 Å². The SMILES string of the molecule is CC1(O)O[C@@](C)(c2ccccc2)[C@H](OCc2ccccc2)[C@H]1OCc1ccccc1. The van der Waals surface area contributed by atoms with Gasteiger partial charge in [0.1, 0.15) is 17.8 Å². The number of ether oxygens (including phenoxy) is 3. The molecule has 4 nitrogen and oxygen atoms in total. The van der Waals surface area contributed by atoms with E-state index in [4.69, 9.17) is 14.2 Å². The summed E-state index contributed by atoms with van der Waals surface area (Å²) in [5, 5.41) is 11.2. The minimum atomic E-state index is -1.50. The lowest BCUT2D eigenvalue weighted by molar-refractivity contribution is -0.245. The van der Waals surface area contributed by atoms with Crippen LogP contribution in [-0.2, 0) is 33.0 Å². The molecule has 0 radical (unpaired) electrons. The van der Waals surface area contributed by atoms with Crippen LogP contribution < -0.4 is 0 Å². The summed E-state index contributed by atoms with van der Waals surface area (Å²) in [6.45, 7) is 4.37. The summed E-state index contributed by atoms with van der Waals surface area (Å²) < 4.78 is 18.8. The lowest BCUT2D eigenvalue weighted by Crippen LogP contribution is -2.45. The normalized spacial score (nSPS) is 28.5. The van der Waals surface area contributed by atoms with Crippen LogP contribution >= 0.6 is 0 Å². The minimum Gasteiger partial charge on any atom is -0.367 e. The van der Waals surface area contributed by atoms with Crippen LogP contribution in [0.3, 0.4) is 0 Å². The topological polar surface area (TPSA) is 47.9 Å². The first-order chi connectivity index (χ1) is 14.5. The molecule has 0 amide bonds. The number of hydrogen-bond acceptors (Lipinski definition) is 4. The molecule has 0 bridgehead atoms. The molecule has 1 aliphatic rings. The van der Waals surface area contributed by atoms with Gasteiger partial charge in [0.15, 0.2) is 5.79 Å². The van der Waals surface area contributed by atoms with E-state index in [0.29, 0.717) is 13.2 Å². The van der Waals surface area contributed by atoms with Gasteiger partial charge in [-0.1, -0.05) is 91.0 Å². The highest BCUT2D eigenvalue weighted by atomic mass is 16.7. The highest BCUT2D eigenvalue weighted by Gasteiger charge is 2.60. The van der Waals surface area contributed by atoms with Gasteiger partial charge < -0.3 is 19.3 Å². The fourth-order valence-corrected chi connectivity index (χ4v) is 4.12. The zero-order valence-electron chi connectivity index (χ0n) is 17.4. The Kier molecular flexibility index (Phi) is 6.02. The summed E-state index contributed by atoms with van der Waals surface area (Å²) in [5.74, 6) is -1.50. The van der Waals surface area contributed by atoms with E-state index in [2.05, 4.69) is 0 Å². The van der Waals surface area contributed by atoms with Crippen LogP contribution in [0.25, 0.3) is 0 Å². The van der Waals surface area contributed by atoms with E-state index in [9.17, 15) is 5.11 Å². The van der Waals surface area contributed by atoms with Crippen molar-refractivity contribution in [3.8, 4) is 0 Å². The molecule has 0 aromatic heterocycles. The zero-order chi connectivity index (χ0) is 21.0. The Bertz CT molecular complexity index is 927. The molecule has 30 heavy (non-hydrogen) atoms. The van der Waals surface area contributed by atoms with E-state index in [1.165, 1.54) is 0 Å². The van der Waals surface area contributed by atoms with E-state index in [0.717, 1.165) is 16.7 Å². The van der Waals surface area contributed by atoms with E-state index in [1.807, 2.05) is 97.9 Å². The van der Waals surface area contributed by atoms with Crippen LogP contribution in [0.2, 0.25) is 0 Å². The summed E-state index contributed by atoms with van der Waals surface area (Å²) in [6, 6.07) is 29.8. The van der Waals surface area contributed by atoms with E-state index in [-0.39, 0.29) is 0 Å². The first kappa shape index (κ1) is 20.8. The monoisotopic (exact) mass is 404 g/mol. The molecule has 3 aromatic carbocycles. The first-order valence-electron chi connectivity index (χ1n) is 10.3. The highest BCUT2D eigenvalue weighted by molar-refractivity contribution is 5.27. The second-order valence-corrected chi connectivity index (χ2v) is 8.06. The van der Waals surface area contributed by atoms with E-state index < -0.39 is 23.6 Å². The van der Waals surface area contributed by atoms with Crippen molar-refractivity contribution in [1.82, 2.24) is 0 Å². The van der Waals surface area contributed by atoms with Gasteiger partial charge in [0.05, 0.1) is 13.2 Å². The van der Waals surface area contributed by atoms with Gasteiger partial charge in [-0.25, -0.2) is 0 Å². The van der Waals surface area contributed by atoms with Gasteiger partial charge in [0.2, 0.25) is 0 Å². The third kappa shape index (κ3) is 4.32. The van der Waals surface area contributed by atoms with Crippen molar-refractivity contribution in [2.45, 2.75) is 50.7 Å². The molecule has 156 valence electrons. The maximum absolute atomic E-state index is 11.2. The predicted octanol–water partition coefficient (Wildman–Crippen LogP) is 4.81. The number of benzene rings is 3. The number of aliphatic hydroxyl groups is 1. The average Bonchev–Trinajstić information content (AvgIpc) is 2.98. The summed E-state index contributed by atoms with van der Waals surface area (Å²) in [7, 11) is 0. The summed E-state index contributed by atoms with van der Waals surface area (Å²) in [6.07, 6.45) is -1.16. The largest absolute Gasteiger partial charge is 0.367 e. The Morgan fingerprint density at radius 1 is 0.700 bits per heavy atom. The quantitative estimate of drug-likeness (QED) is 0.614. The Balaban J connectivity index is 1.62. The van der Waals surface area contributed by atoms with Gasteiger partial charge in [-0.15, -0.1) is 0 Å². The van der Waals surface area contributed by atoms with Crippen LogP contribution in [-0.4, -0.2) is 23.1 Å².